The van der Waals surface area contributed by atoms with E-state index in [1.807, 2.05) is 13.8 Å². The molecule has 0 bridgehead atoms. The zero-order valence-electron chi connectivity index (χ0n) is 11.7. The van der Waals surface area contributed by atoms with Crippen LogP contribution in [0.15, 0.2) is 17.4 Å². The third-order valence-corrected chi connectivity index (χ3v) is 5.49. The van der Waals surface area contributed by atoms with Crippen LogP contribution in [0.4, 0.5) is 0 Å². The van der Waals surface area contributed by atoms with E-state index < -0.39 is 9.84 Å². The monoisotopic (exact) mass is 323 g/mol. The number of fused-ring (bicyclic) bond motifs is 1. The molecule has 0 unspecified atom stereocenters. The van der Waals surface area contributed by atoms with Gasteiger partial charge in [-0.25, -0.2) is 18.4 Å². The van der Waals surface area contributed by atoms with Crippen molar-refractivity contribution < 1.29 is 8.42 Å². The van der Waals surface area contributed by atoms with Gasteiger partial charge in [0.15, 0.2) is 0 Å². The van der Waals surface area contributed by atoms with E-state index in [2.05, 4.69) is 20.2 Å². The first-order chi connectivity index (χ1) is 9.87. The van der Waals surface area contributed by atoms with E-state index in [4.69, 9.17) is 0 Å². The van der Waals surface area contributed by atoms with Gasteiger partial charge in [-0.3, -0.25) is 4.40 Å². The van der Waals surface area contributed by atoms with Crippen molar-refractivity contribution in [2.75, 3.05) is 0 Å². The van der Waals surface area contributed by atoms with Crippen LogP contribution in [0.5, 0.6) is 0 Å². The van der Waals surface area contributed by atoms with Crippen molar-refractivity contribution in [1.29, 1.82) is 0 Å². The smallest absolute Gasteiger partial charge is 0.254 e. The molecule has 0 atom stereocenters. The first-order valence-electron chi connectivity index (χ1n) is 6.20. The number of aromatic nitrogens is 5. The molecule has 0 fully saturated rings. The summed E-state index contributed by atoms with van der Waals surface area (Å²) in [5, 5.41) is 8.13. The first kappa shape index (κ1) is 14.1. The summed E-state index contributed by atoms with van der Waals surface area (Å²) in [5.41, 5.74) is 1.50. The Morgan fingerprint density at radius 1 is 1.24 bits per heavy atom. The van der Waals surface area contributed by atoms with E-state index in [1.165, 1.54) is 15.7 Å². The molecular formula is C12H13N5O2S2. The summed E-state index contributed by atoms with van der Waals surface area (Å²) in [6, 6.07) is 1.79. The molecule has 9 heteroatoms. The van der Waals surface area contributed by atoms with E-state index in [9.17, 15) is 8.42 Å². The highest BCUT2D eigenvalue weighted by atomic mass is 32.2. The highest BCUT2D eigenvalue weighted by Crippen LogP contribution is 2.20. The number of hydrogen-bond acceptors (Lipinski definition) is 7. The molecular weight excluding hydrogens is 310 g/mol. The Bertz CT molecular complexity index is 926. The number of sulfone groups is 1. The van der Waals surface area contributed by atoms with Gasteiger partial charge in [-0.1, -0.05) is 0 Å². The highest BCUT2D eigenvalue weighted by molar-refractivity contribution is 7.90. The summed E-state index contributed by atoms with van der Waals surface area (Å²) in [5.74, 6) is 0.112. The molecule has 0 aliphatic rings. The predicted octanol–water partition coefficient (Wildman–Crippen LogP) is 1.48. The fraction of sp³-hybridized carbons (Fsp3) is 0.333. The first-order valence-corrected chi connectivity index (χ1v) is 8.67. The molecule has 0 aliphatic carbocycles. The molecule has 0 N–H and O–H groups in total. The maximum absolute atomic E-state index is 12.5. The van der Waals surface area contributed by atoms with E-state index in [-0.39, 0.29) is 10.9 Å². The van der Waals surface area contributed by atoms with Gasteiger partial charge in [0.1, 0.15) is 10.8 Å². The fourth-order valence-corrected chi connectivity index (χ4v) is 4.58. The molecule has 110 valence electrons. The maximum atomic E-state index is 12.5. The zero-order chi connectivity index (χ0) is 15.2. The van der Waals surface area contributed by atoms with Crippen LogP contribution in [0, 0.1) is 20.8 Å². The highest BCUT2D eigenvalue weighted by Gasteiger charge is 2.25. The Kier molecular flexibility index (Phi) is 3.25. The van der Waals surface area contributed by atoms with Gasteiger partial charge in [-0.15, -0.1) is 21.5 Å². The molecule has 0 amide bonds. The molecule has 7 nitrogen and oxygen atoms in total. The Labute approximate surface area is 125 Å². The van der Waals surface area contributed by atoms with E-state index in [1.54, 1.807) is 19.2 Å². The van der Waals surface area contributed by atoms with Crippen LogP contribution < -0.4 is 0 Å². The van der Waals surface area contributed by atoms with Crippen molar-refractivity contribution in [3.05, 3.63) is 33.5 Å². The van der Waals surface area contributed by atoms with Crippen molar-refractivity contribution in [2.24, 2.45) is 0 Å². The number of hydrogen-bond donors (Lipinski definition) is 0. The normalized spacial score (nSPS) is 12.1. The Morgan fingerprint density at radius 3 is 2.67 bits per heavy atom. The molecule has 3 rings (SSSR count). The van der Waals surface area contributed by atoms with Gasteiger partial charge in [0.05, 0.1) is 0 Å². The van der Waals surface area contributed by atoms with Crippen LogP contribution in [0.3, 0.4) is 0 Å². The topological polar surface area (TPSA) is 90.1 Å². The van der Waals surface area contributed by atoms with Gasteiger partial charge in [-0.2, -0.15) is 0 Å². The summed E-state index contributed by atoms with van der Waals surface area (Å²) in [4.78, 5) is 9.26. The second-order valence-corrected chi connectivity index (χ2v) is 7.98. The number of thiazole rings is 1. The predicted molar refractivity (Wildman–Crippen MR) is 78.0 cm³/mol. The average Bonchev–Trinajstić information content (AvgIpc) is 2.95. The minimum atomic E-state index is -3.62. The molecule has 0 aromatic carbocycles. The second-order valence-electron chi connectivity index (χ2n) is 4.78. The van der Waals surface area contributed by atoms with Gasteiger partial charge in [0.2, 0.25) is 9.84 Å². The molecule has 0 saturated carbocycles. The largest absolute Gasteiger partial charge is 0.256 e. The zero-order valence-corrected chi connectivity index (χ0v) is 13.4. The Hall–Kier alpha value is -1.87. The quantitative estimate of drug-likeness (QED) is 0.725. The second kappa shape index (κ2) is 4.85. The van der Waals surface area contributed by atoms with Crippen molar-refractivity contribution in [2.45, 2.75) is 31.7 Å². The van der Waals surface area contributed by atoms with Crippen LogP contribution >= 0.6 is 11.3 Å². The lowest BCUT2D eigenvalue weighted by atomic mass is 10.3. The van der Waals surface area contributed by atoms with Crippen molar-refractivity contribution in [3.63, 3.8) is 0 Å². The lowest BCUT2D eigenvalue weighted by Gasteiger charge is -2.04. The standard InChI is InChI=1S/C12H13N5O2S2/c1-7-4-8(2)17-11(14-7)15-16-12(17)21(18,19)6-10-13-5-9(3)20-10/h4-5H,6H2,1-3H3. The van der Waals surface area contributed by atoms with Crippen molar-refractivity contribution in [1.82, 2.24) is 24.6 Å². The molecule has 3 aromatic rings. The van der Waals surface area contributed by atoms with Gasteiger partial charge < -0.3 is 0 Å². The van der Waals surface area contributed by atoms with Gasteiger partial charge in [-0.05, 0) is 26.8 Å². The lowest BCUT2D eigenvalue weighted by molar-refractivity contribution is 0.583. The minimum absolute atomic E-state index is 0.0876. The molecule has 0 saturated heterocycles. The van der Waals surface area contributed by atoms with Crippen LogP contribution in [0.2, 0.25) is 0 Å². The summed E-state index contributed by atoms with van der Waals surface area (Å²) in [6.07, 6.45) is 1.66. The number of nitrogens with zero attached hydrogens (tertiary/aromatic N) is 5. The number of rotatable bonds is 3. The van der Waals surface area contributed by atoms with Gasteiger partial charge in [0, 0.05) is 22.5 Å². The van der Waals surface area contributed by atoms with E-state index >= 15 is 0 Å². The third kappa shape index (κ3) is 2.54. The molecule has 0 spiro atoms. The fourth-order valence-electron chi connectivity index (χ4n) is 2.10. The summed E-state index contributed by atoms with van der Waals surface area (Å²) >= 11 is 1.36. The van der Waals surface area contributed by atoms with E-state index in [0.29, 0.717) is 10.8 Å². The SMILES string of the molecule is Cc1cc(C)n2c(S(=O)(=O)Cc3ncc(C)s3)nnc2n1. The Balaban J connectivity index is 2.11. The Morgan fingerprint density at radius 2 is 2.00 bits per heavy atom. The molecule has 21 heavy (non-hydrogen) atoms. The summed E-state index contributed by atoms with van der Waals surface area (Å²) in [6.45, 7) is 5.52. The van der Waals surface area contributed by atoms with Crippen LogP contribution in [-0.2, 0) is 15.6 Å². The molecule has 0 aliphatic heterocycles. The van der Waals surface area contributed by atoms with Crippen LogP contribution in [0.25, 0.3) is 5.78 Å². The molecule has 0 radical (unpaired) electrons. The van der Waals surface area contributed by atoms with E-state index in [0.717, 1.165) is 16.3 Å². The molecule has 3 heterocycles. The number of aryl methyl sites for hydroxylation is 3. The lowest BCUT2D eigenvalue weighted by Crippen LogP contribution is -2.11. The van der Waals surface area contributed by atoms with Crippen LogP contribution in [-0.4, -0.2) is 33.0 Å². The minimum Gasteiger partial charge on any atom is -0.254 e. The average molecular weight is 323 g/mol. The van der Waals surface area contributed by atoms with Gasteiger partial charge in [0.25, 0.3) is 10.9 Å². The summed E-state index contributed by atoms with van der Waals surface area (Å²) in [7, 11) is -3.62. The van der Waals surface area contributed by atoms with Crippen molar-refractivity contribution in [3.8, 4) is 0 Å². The summed E-state index contributed by atoms with van der Waals surface area (Å²) < 4.78 is 26.5. The van der Waals surface area contributed by atoms with Crippen LogP contribution in [0.1, 0.15) is 21.3 Å². The third-order valence-electron chi connectivity index (χ3n) is 2.92. The molecule has 3 aromatic heterocycles. The van der Waals surface area contributed by atoms with Crippen molar-refractivity contribution >= 4 is 27.0 Å². The maximum Gasteiger partial charge on any atom is 0.256 e. The van der Waals surface area contributed by atoms with Gasteiger partial charge >= 0.3 is 0 Å².